The number of hydrogen-bond acceptors (Lipinski definition) is 3. The topological polar surface area (TPSA) is 29.1 Å². The highest BCUT2D eigenvalue weighted by Gasteiger charge is 2.08. The molecule has 5 heteroatoms. The fraction of sp³-hybridized carbons (Fsp3) is 0.250. The smallest absolute Gasteiger partial charge is 0.252 e. The lowest BCUT2D eigenvalue weighted by Gasteiger charge is -2.00. The Morgan fingerprint density at radius 2 is 2.18 bits per heavy atom. The van der Waals surface area contributed by atoms with Gasteiger partial charge in [0.1, 0.15) is 0 Å². The Balaban J connectivity index is 1.96. The predicted octanol–water partition coefficient (Wildman–Crippen LogP) is 3.96. The molecule has 0 unspecified atom stereocenters. The summed E-state index contributed by atoms with van der Waals surface area (Å²) >= 11 is 5.55. The zero-order valence-electron chi connectivity index (χ0n) is 9.54. The van der Waals surface area contributed by atoms with Gasteiger partial charge in [-0.2, -0.15) is 0 Å². The molecule has 2 aromatic heterocycles. The second-order valence-corrected chi connectivity index (χ2v) is 7.92. The second-order valence-electron chi connectivity index (χ2n) is 3.77. The Kier molecular flexibility index (Phi) is 4.22. The van der Waals surface area contributed by atoms with E-state index in [9.17, 15) is 4.79 Å². The summed E-state index contributed by atoms with van der Waals surface area (Å²) in [5.74, 6) is 0.00729. The summed E-state index contributed by atoms with van der Waals surface area (Å²) in [5, 5.41) is 4.83. The van der Waals surface area contributed by atoms with Crippen molar-refractivity contribution < 1.29 is 4.79 Å². The molecule has 2 nitrogen and oxygen atoms in total. The fourth-order valence-electron chi connectivity index (χ4n) is 1.44. The Labute approximate surface area is 122 Å². The third kappa shape index (κ3) is 3.29. The number of carbonyl (C=O) groups excluding carboxylic acids is 1. The highest BCUT2D eigenvalue weighted by molar-refractivity contribution is 14.1. The number of aryl methyl sites for hydroxylation is 2. The minimum absolute atomic E-state index is 0.00729. The van der Waals surface area contributed by atoms with Crippen LogP contribution in [0.4, 0.5) is 0 Å². The molecule has 0 saturated carbocycles. The van der Waals surface area contributed by atoms with Crippen molar-refractivity contribution in [2.75, 3.05) is 0 Å². The molecular weight excluding hydrogens is 365 g/mol. The number of nitrogens with one attached hydrogen (secondary N) is 1. The minimum Gasteiger partial charge on any atom is -0.347 e. The van der Waals surface area contributed by atoms with Crippen LogP contribution in [0.1, 0.15) is 25.7 Å². The molecule has 0 aliphatic carbocycles. The highest BCUT2D eigenvalue weighted by atomic mass is 127. The van der Waals surface area contributed by atoms with Crippen LogP contribution in [0.15, 0.2) is 17.5 Å². The van der Waals surface area contributed by atoms with Crippen LogP contribution in [0.5, 0.6) is 0 Å². The van der Waals surface area contributed by atoms with Gasteiger partial charge in [-0.3, -0.25) is 4.79 Å². The molecular formula is C12H12INOS2. The van der Waals surface area contributed by atoms with E-state index in [2.05, 4.69) is 47.8 Å². The molecule has 2 aromatic rings. The van der Waals surface area contributed by atoms with Gasteiger partial charge in [0.2, 0.25) is 0 Å². The average molecular weight is 377 g/mol. The number of amides is 1. The molecule has 1 amide bonds. The standard InChI is InChI=1S/C12H12INOS2/c1-7-3-10(17-8(7)2)5-14-12(15)9-4-11(13)16-6-9/h3-4,6H,5H2,1-2H3,(H,14,15). The molecule has 0 aliphatic rings. The Hall–Kier alpha value is -0.400. The third-order valence-electron chi connectivity index (χ3n) is 2.47. The van der Waals surface area contributed by atoms with Crippen molar-refractivity contribution in [2.24, 2.45) is 0 Å². The van der Waals surface area contributed by atoms with Crippen LogP contribution in [-0.2, 0) is 6.54 Å². The quantitative estimate of drug-likeness (QED) is 0.807. The molecule has 1 N–H and O–H groups in total. The number of carbonyl (C=O) groups is 1. The van der Waals surface area contributed by atoms with E-state index in [0.29, 0.717) is 6.54 Å². The van der Waals surface area contributed by atoms with Gasteiger partial charge in [0.05, 0.1) is 15.0 Å². The molecule has 0 atom stereocenters. The van der Waals surface area contributed by atoms with Gasteiger partial charge in [0.15, 0.2) is 0 Å². The zero-order chi connectivity index (χ0) is 12.4. The molecule has 2 rings (SSSR count). The van der Waals surface area contributed by atoms with Gasteiger partial charge in [0, 0.05) is 15.1 Å². The van der Waals surface area contributed by atoms with E-state index in [1.54, 1.807) is 22.7 Å². The maximum atomic E-state index is 11.8. The van der Waals surface area contributed by atoms with Gasteiger partial charge in [-0.05, 0) is 54.1 Å². The molecule has 0 spiro atoms. The van der Waals surface area contributed by atoms with Gasteiger partial charge in [-0.15, -0.1) is 22.7 Å². The first kappa shape index (κ1) is 13.0. The Bertz CT molecular complexity index is 525. The summed E-state index contributed by atoms with van der Waals surface area (Å²) in [7, 11) is 0. The molecule has 0 aliphatic heterocycles. The summed E-state index contributed by atoms with van der Waals surface area (Å²) in [5.41, 5.74) is 2.05. The van der Waals surface area contributed by atoms with Crippen LogP contribution >= 0.6 is 45.3 Å². The molecule has 0 aromatic carbocycles. The van der Waals surface area contributed by atoms with Crippen molar-refractivity contribution >= 4 is 51.2 Å². The van der Waals surface area contributed by atoms with Crippen LogP contribution in [-0.4, -0.2) is 5.91 Å². The lowest BCUT2D eigenvalue weighted by atomic mass is 10.3. The minimum atomic E-state index is 0.00729. The van der Waals surface area contributed by atoms with Crippen molar-refractivity contribution in [2.45, 2.75) is 20.4 Å². The van der Waals surface area contributed by atoms with E-state index in [1.165, 1.54) is 15.3 Å². The van der Waals surface area contributed by atoms with Crippen molar-refractivity contribution in [3.8, 4) is 0 Å². The highest BCUT2D eigenvalue weighted by Crippen LogP contribution is 2.21. The summed E-state index contributed by atoms with van der Waals surface area (Å²) in [6.07, 6.45) is 0. The van der Waals surface area contributed by atoms with E-state index >= 15 is 0 Å². The number of thiophene rings is 2. The average Bonchev–Trinajstić information content (AvgIpc) is 2.83. The first-order valence-corrected chi connectivity index (χ1v) is 7.92. The van der Waals surface area contributed by atoms with Gasteiger partial charge in [-0.25, -0.2) is 0 Å². The van der Waals surface area contributed by atoms with E-state index in [0.717, 1.165) is 8.45 Å². The first-order valence-electron chi connectivity index (χ1n) is 5.14. The fourth-order valence-corrected chi connectivity index (χ4v) is 3.76. The SMILES string of the molecule is Cc1cc(CNC(=O)c2csc(I)c2)sc1C. The largest absolute Gasteiger partial charge is 0.347 e. The maximum absolute atomic E-state index is 11.8. The number of rotatable bonds is 3. The number of halogens is 1. The van der Waals surface area contributed by atoms with Gasteiger partial charge in [0.25, 0.3) is 5.91 Å². The normalized spacial score (nSPS) is 10.5. The van der Waals surface area contributed by atoms with Crippen LogP contribution in [0.25, 0.3) is 0 Å². The van der Waals surface area contributed by atoms with E-state index in [4.69, 9.17) is 0 Å². The van der Waals surface area contributed by atoms with E-state index in [1.807, 2.05) is 11.4 Å². The Morgan fingerprint density at radius 1 is 1.41 bits per heavy atom. The second kappa shape index (κ2) is 5.49. The van der Waals surface area contributed by atoms with Crippen molar-refractivity contribution in [1.29, 1.82) is 0 Å². The summed E-state index contributed by atoms with van der Waals surface area (Å²) in [4.78, 5) is 14.3. The number of hydrogen-bond donors (Lipinski definition) is 1. The van der Waals surface area contributed by atoms with Crippen molar-refractivity contribution in [1.82, 2.24) is 5.32 Å². The predicted molar refractivity (Wildman–Crippen MR) is 82.0 cm³/mol. The monoisotopic (exact) mass is 377 g/mol. The maximum Gasteiger partial charge on any atom is 0.252 e. The van der Waals surface area contributed by atoms with E-state index in [-0.39, 0.29) is 5.91 Å². The lowest BCUT2D eigenvalue weighted by molar-refractivity contribution is 0.0951. The van der Waals surface area contributed by atoms with Crippen LogP contribution in [0.2, 0.25) is 0 Å². The summed E-state index contributed by atoms with van der Waals surface area (Å²) in [6, 6.07) is 4.04. The van der Waals surface area contributed by atoms with Crippen LogP contribution < -0.4 is 5.32 Å². The van der Waals surface area contributed by atoms with Crippen molar-refractivity contribution in [3.63, 3.8) is 0 Å². The summed E-state index contributed by atoms with van der Waals surface area (Å²) < 4.78 is 1.13. The van der Waals surface area contributed by atoms with Crippen LogP contribution in [0, 0.1) is 16.7 Å². The molecule has 0 bridgehead atoms. The third-order valence-corrected chi connectivity index (χ3v) is 5.41. The Morgan fingerprint density at radius 3 is 2.71 bits per heavy atom. The molecule has 0 radical (unpaired) electrons. The summed E-state index contributed by atoms with van der Waals surface area (Å²) in [6.45, 7) is 4.82. The molecule has 0 fully saturated rings. The lowest BCUT2D eigenvalue weighted by Crippen LogP contribution is -2.21. The first-order chi connectivity index (χ1) is 8.06. The van der Waals surface area contributed by atoms with Crippen LogP contribution in [0.3, 0.4) is 0 Å². The van der Waals surface area contributed by atoms with Gasteiger partial charge in [-0.1, -0.05) is 0 Å². The molecule has 17 heavy (non-hydrogen) atoms. The van der Waals surface area contributed by atoms with E-state index < -0.39 is 0 Å². The van der Waals surface area contributed by atoms with Gasteiger partial charge < -0.3 is 5.32 Å². The van der Waals surface area contributed by atoms with Crippen molar-refractivity contribution in [3.05, 3.63) is 41.3 Å². The zero-order valence-corrected chi connectivity index (χ0v) is 13.3. The molecule has 90 valence electrons. The van der Waals surface area contributed by atoms with Gasteiger partial charge >= 0.3 is 0 Å². The molecule has 2 heterocycles. The molecule has 0 saturated heterocycles.